The molecule has 0 rings (SSSR count). The van der Waals surface area contributed by atoms with Gasteiger partial charge in [-0.25, -0.2) is 4.57 Å². The topological polar surface area (TPSA) is 122 Å². The molecular formula is C7H16NO5P. The summed E-state index contributed by atoms with van der Waals surface area (Å²) in [7, 11) is -4.36. The van der Waals surface area contributed by atoms with E-state index in [1.165, 1.54) is 0 Å². The fourth-order valence-corrected chi connectivity index (χ4v) is 1.28. The summed E-state index contributed by atoms with van der Waals surface area (Å²) in [5.41, 5.74) is 0. The highest BCUT2D eigenvalue weighted by Crippen LogP contribution is 2.36. The molecule has 4 N–H and O–H groups in total. The summed E-state index contributed by atoms with van der Waals surface area (Å²) in [5, 5.41) is 8.59. The summed E-state index contributed by atoms with van der Waals surface area (Å²) in [5.74, 6) is -0.170. The Labute approximate surface area is 83.1 Å². The lowest BCUT2D eigenvalue weighted by Gasteiger charge is -2.08. The third-order valence-electron chi connectivity index (χ3n) is 1.55. The van der Waals surface area contributed by atoms with Crippen molar-refractivity contribution in [2.24, 2.45) is 5.92 Å². The molecular weight excluding hydrogens is 209 g/mol. The van der Waals surface area contributed by atoms with Crippen molar-refractivity contribution in [1.29, 1.82) is 5.26 Å². The maximum atomic E-state index is 10.2. The molecule has 0 aliphatic carbocycles. The largest absolute Gasteiger partial charge is 0.469 e. The number of phosphoric ester groups is 1. The van der Waals surface area contributed by atoms with Crippen LogP contribution in [0.1, 0.15) is 26.2 Å². The number of hydrogen-bond acceptors (Lipinski definition) is 3. The van der Waals surface area contributed by atoms with E-state index in [1.807, 2.05) is 6.92 Å². The van der Waals surface area contributed by atoms with Gasteiger partial charge in [-0.3, -0.25) is 4.52 Å². The summed E-state index contributed by atoms with van der Waals surface area (Å²) < 4.78 is 14.5. The van der Waals surface area contributed by atoms with Crippen LogP contribution in [0.15, 0.2) is 0 Å². The second-order valence-electron chi connectivity index (χ2n) is 2.73. The minimum atomic E-state index is -4.36. The zero-order valence-electron chi connectivity index (χ0n) is 8.01. The van der Waals surface area contributed by atoms with Crippen molar-refractivity contribution in [2.45, 2.75) is 26.2 Å². The van der Waals surface area contributed by atoms with Crippen LogP contribution in [-0.2, 0) is 9.09 Å². The smallest absolute Gasteiger partial charge is 0.412 e. The van der Waals surface area contributed by atoms with E-state index < -0.39 is 7.82 Å². The van der Waals surface area contributed by atoms with Crippen LogP contribution in [0.3, 0.4) is 0 Å². The van der Waals surface area contributed by atoms with Crippen molar-refractivity contribution < 1.29 is 24.4 Å². The third kappa shape index (κ3) is 9.65. The van der Waals surface area contributed by atoms with Gasteiger partial charge in [0, 0.05) is 5.92 Å². The van der Waals surface area contributed by atoms with Gasteiger partial charge >= 0.3 is 7.82 Å². The van der Waals surface area contributed by atoms with Crippen LogP contribution in [0.5, 0.6) is 0 Å². The fraction of sp³-hybridized carbons (Fsp3) is 0.857. The molecule has 0 amide bonds. The first-order chi connectivity index (χ1) is 5.99. The highest BCUT2D eigenvalue weighted by molar-refractivity contribution is 7.46. The molecule has 0 aromatic carbocycles. The highest BCUT2D eigenvalue weighted by Gasteiger charge is 2.14. The molecule has 0 radical (unpaired) electrons. The van der Waals surface area contributed by atoms with Gasteiger partial charge in [0.25, 0.3) is 0 Å². The predicted molar refractivity (Wildman–Crippen MR) is 50.2 cm³/mol. The Kier molecular flexibility index (Phi) is 9.05. The van der Waals surface area contributed by atoms with E-state index in [-0.39, 0.29) is 18.0 Å². The molecule has 7 heteroatoms. The van der Waals surface area contributed by atoms with E-state index in [1.54, 1.807) is 0 Å². The molecule has 0 aromatic heterocycles. The average molecular weight is 225 g/mol. The molecule has 0 spiro atoms. The van der Waals surface area contributed by atoms with Crippen molar-refractivity contribution in [3.8, 4) is 6.07 Å². The van der Waals surface area contributed by atoms with E-state index in [4.69, 9.17) is 15.0 Å². The van der Waals surface area contributed by atoms with Gasteiger partial charge in [0.2, 0.25) is 0 Å². The standard InChI is InChI=1S/C7H14NO4P.H2O/c1-2-3-7(6-8)4-5-12-13(9,10)11;/h7H,2-5H2,1H3,(H2,9,10,11);1H2. The number of hydrogen-bond donors (Lipinski definition) is 2. The van der Waals surface area contributed by atoms with E-state index in [0.717, 1.165) is 12.8 Å². The fourth-order valence-electron chi connectivity index (χ4n) is 0.936. The van der Waals surface area contributed by atoms with Crippen LogP contribution < -0.4 is 0 Å². The zero-order valence-corrected chi connectivity index (χ0v) is 8.91. The molecule has 0 aliphatic rings. The first-order valence-electron chi connectivity index (χ1n) is 4.09. The van der Waals surface area contributed by atoms with Crippen LogP contribution in [-0.4, -0.2) is 21.9 Å². The third-order valence-corrected chi connectivity index (χ3v) is 2.06. The molecule has 0 saturated carbocycles. The van der Waals surface area contributed by atoms with Crippen molar-refractivity contribution in [2.75, 3.05) is 6.61 Å². The van der Waals surface area contributed by atoms with Crippen molar-refractivity contribution in [1.82, 2.24) is 0 Å². The first kappa shape index (κ1) is 16.0. The quantitative estimate of drug-likeness (QED) is 0.641. The molecule has 0 saturated heterocycles. The molecule has 0 aliphatic heterocycles. The summed E-state index contributed by atoms with van der Waals surface area (Å²) in [6, 6.07) is 2.06. The van der Waals surface area contributed by atoms with Crippen LogP contribution in [0.25, 0.3) is 0 Å². The van der Waals surface area contributed by atoms with Gasteiger partial charge in [0.15, 0.2) is 0 Å². The Bertz CT molecular complexity index is 221. The molecule has 84 valence electrons. The number of nitriles is 1. The van der Waals surface area contributed by atoms with E-state index in [2.05, 4.69) is 10.6 Å². The lowest BCUT2D eigenvalue weighted by molar-refractivity contribution is 0.188. The molecule has 6 nitrogen and oxygen atoms in total. The van der Waals surface area contributed by atoms with Gasteiger partial charge in [-0.2, -0.15) is 5.26 Å². The first-order valence-corrected chi connectivity index (χ1v) is 5.62. The Morgan fingerprint density at radius 3 is 2.43 bits per heavy atom. The molecule has 0 aromatic rings. The maximum Gasteiger partial charge on any atom is 0.469 e. The molecule has 0 heterocycles. The van der Waals surface area contributed by atoms with E-state index in [9.17, 15) is 4.57 Å². The van der Waals surface area contributed by atoms with Gasteiger partial charge in [-0.15, -0.1) is 0 Å². The Balaban J connectivity index is 0. The van der Waals surface area contributed by atoms with Crippen molar-refractivity contribution in [3.63, 3.8) is 0 Å². The summed E-state index contributed by atoms with van der Waals surface area (Å²) in [6.45, 7) is 1.89. The Hall–Kier alpha value is -0.440. The van der Waals surface area contributed by atoms with Crippen LogP contribution in [0, 0.1) is 17.2 Å². The Morgan fingerprint density at radius 1 is 1.50 bits per heavy atom. The minimum absolute atomic E-state index is 0. The monoisotopic (exact) mass is 225 g/mol. The zero-order chi connectivity index (χ0) is 10.3. The van der Waals surface area contributed by atoms with Gasteiger partial charge in [0.05, 0.1) is 12.7 Å². The number of nitrogens with zero attached hydrogens (tertiary/aromatic N) is 1. The van der Waals surface area contributed by atoms with Crippen LogP contribution in [0.2, 0.25) is 0 Å². The second-order valence-corrected chi connectivity index (χ2v) is 3.97. The van der Waals surface area contributed by atoms with E-state index >= 15 is 0 Å². The van der Waals surface area contributed by atoms with Gasteiger partial charge in [-0.1, -0.05) is 13.3 Å². The Morgan fingerprint density at radius 2 is 2.07 bits per heavy atom. The van der Waals surface area contributed by atoms with Crippen LogP contribution >= 0.6 is 7.82 Å². The van der Waals surface area contributed by atoms with Crippen LogP contribution in [0.4, 0.5) is 0 Å². The summed E-state index contributed by atoms with van der Waals surface area (Å²) in [6.07, 6.45) is 1.99. The van der Waals surface area contributed by atoms with E-state index in [0.29, 0.717) is 6.42 Å². The lowest BCUT2D eigenvalue weighted by atomic mass is 10.0. The van der Waals surface area contributed by atoms with Gasteiger partial charge in [-0.05, 0) is 12.8 Å². The lowest BCUT2D eigenvalue weighted by Crippen LogP contribution is -2.02. The summed E-state index contributed by atoms with van der Waals surface area (Å²) in [4.78, 5) is 16.7. The van der Waals surface area contributed by atoms with Gasteiger partial charge in [0.1, 0.15) is 0 Å². The molecule has 1 atom stereocenters. The molecule has 0 bridgehead atoms. The van der Waals surface area contributed by atoms with Crippen molar-refractivity contribution in [3.05, 3.63) is 0 Å². The number of phosphoric acid groups is 1. The molecule has 14 heavy (non-hydrogen) atoms. The summed E-state index contributed by atoms with van der Waals surface area (Å²) >= 11 is 0. The normalized spacial score (nSPS) is 12.7. The van der Waals surface area contributed by atoms with Crippen molar-refractivity contribution >= 4 is 7.82 Å². The number of rotatable bonds is 6. The second kappa shape index (κ2) is 7.92. The predicted octanol–water partition coefficient (Wildman–Crippen LogP) is 0.601. The molecule has 1 unspecified atom stereocenters. The van der Waals surface area contributed by atoms with Gasteiger partial charge < -0.3 is 15.3 Å². The molecule has 0 fully saturated rings. The highest BCUT2D eigenvalue weighted by atomic mass is 31.2. The SMILES string of the molecule is CCCC(C#N)CCOP(=O)(O)O.O. The maximum absolute atomic E-state index is 10.2. The minimum Gasteiger partial charge on any atom is -0.412 e. The average Bonchev–Trinajstić information content (AvgIpc) is 2.01.